The highest BCUT2D eigenvalue weighted by Crippen LogP contribution is 2.28. The van der Waals surface area contributed by atoms with Gasteiger partial charge in [-0.3, -0.25) is 4.84 Å². The number of nitrogens with zero attached hydrogens (tertiary/aromatic N) is 2. The molecule has 244 valence electrons. The van der Waals surface area contributed by atoms with Crippen LogP contribution in [0.3, 0.4) is 0 Å². The second kappa shape index (κ2) is 14.3. The largest absolute Gasteiger partial charge is 0.493 e. The van der Waals surface area contributed by atoms with E-state index in [4.69, 9.17) is 29.0 Å². The SMILES string of the molecule is Cc1cc(OCCCON(C(=O)OC(C)(C)C)C(N)=NC(=O)OC(C)(C)C)cc(OS(=O)(=O)c2ccccc2S(C)(=O)=O)c1. The second-order valence-corrected chi connectivity index (χ2v) is 15.0. The van der Waals surface area contributed by atoms with E-state index in [1.807, 2.05) is 0 Å². The summed E-state index contributed by atoms with van der Waals surface area (Å²) in [4.78, 5) is 32.9. The second-order valence-electron chi connectivity index (χ2n) is 11.5. The van der Waals surface area contributed by atoms with Gasteiger partial charge in [0.05, 0.1) is 18.1 Å². The van der Waals surface area contributed by atoms with Crippen molar-refractivity contribution in [3.63, 3.8) is 0 Å². The number of guanidine groups is 1. The van der Waals surface area contributed by atoms with Gasteiger partial charge in [0.2, 0.25) is 5.96 Å². The summed E-state index contributed by atoms with van der Waals surface area (Å²) >= 11 is 0. The number of benzene rings is 2. The molecule has 0 spiro atoms. The lowest BCUT2D eigenvalue weighted by atomic mass is 10.2. The first-order valence-electron chi connectivity index (χ1n) is 13.3. The van der Waals surface area contributed by atoms with Crippen molar-refractivity contribution in [2.75, 3.05) is 19.5 Å². The monoisotopic (exact) mass is 657 g/mol. The molecule has 2 amide bonds. The average Bonchev–Trinajstić information content (AvgIpc) is 2.82. The van der Waals surface area contributed by atoms with E-state index in [2.05, 4.69) is 4.99 Å². The van der Waals surface area contributed by atoms with E-state index in [1.165, 1.54) is 30.3 Å². The number of hydroxylamine groups is 2. The van der Waals surface area contributed by atoms with E-state index in [1.54, 1.807) is 54.5 Å². The molecule has 0 bridgehead atoms. The van der Waals surface area contributed by atoms with Crippen LogP contribution in [0.2, 0.25) is 0 Å². The number of sulfone groups is 1. The third kappa shape index (κ3) is 12.0. The maximum absolute atomic E-state index is 13.0. The van der Waals surface area contributed by atoms with Crippen LogP contribution in [0.4, 0.5) is 9.59 Å². The number of ether oxygens (including phenoxy) is 3. The van der Waals surface area contributed by atoms with Gasteiger partial charge in [-0.05, 0) is 78.3 Å². The summed E-state index contributed by atoms with van der Waals surface area (Å²) in [6.45, 7) is 11.4. The molecule has 16 heteroatoms. The molecule has 0 unspecified atom stereocenters. The number of aryl methyl sites for hydroxylation is 1. The molecule has 2 N–H and O–H groups in total. The van der Waals surface area contributed by atoms with Crippen molar-refractivity contribution in [3.8, 4) is 11.5 Å². The molecular weight excluding hydrogens is 618 g/mol. The molecule has 0 fully saturated rings. The molecule has 0 atom stereocenters. The molecule has 2 rings (SSSR count). The number of nitrogens with two attached hydrogens (primary N) is 1. The van der Waals surface area contributed by atoms with Crippen LogP contribution in [0.25, 0.3) is 0 Å². The van der Waals surface area contributed by atoms with E-state index in [-0.39, 0.29) is 36.0 Å². The summed E-state index contributed by atoms with van der Waals surface area (Å²) < 4.78 is 71.4. The number of amides is 2. The Morgan fingerprint density at radius 1 is 0.864 bits per heavy atom. The fraction of sp³-hybridized carbons (Fsp3) is 0.464. The highest BCUT2D eigenvalue weighted by Gasteiger charge is 2.28. The quantitative estimate of drug-likeness (QED) is 0.125. The lowest BCUT2D eigenvalue weighted by Crippen LogP contribution is -2.45. The van der Waals surface area contributed by atoms with E-state index in [9.17, 15) is 26.4 Å². The number of aliphatic imine (C=N–C) groups is 1. The summed E-state index contributed by atoms with van der Waals surface area (Å²) in [5, 5.41) is 0.535. The fourth-order valence-electron chi connectivity index (χ4n) is 3.32. The smallest absolute Gasteiger partial charge is 0.442 e. The van der Waals surface area contributed by atoms with Crippen LogP contribution >= 0.6 is 0 Å². The Bertz CT molecular complexity index is 1590. The minimum atomic E-state index is -4.51. The van der Waals surface area contributed by atoms with E-state index in [0.29, 0.717) is 10.6 Å². The Morgan fingerprint density at radius 3 is 2.00 bits per heavy atom. The molecular formula is C28H39N3O11S2. The van der Waals surface area contributed by atoms with Gasteiger partial charge in [-0.25, -0.2) is 18.0 Å². The van der Waals surface area contributed by atoms with Crippen LogP contribution in [0, 0.1) is 6.92 Å². The van der Waals surface area contributed by atoms with Crippen molar-refractivity contribution in [2.45, 2.75) is 75.9 Å². The van der Waals surface area contributed by atoms with Gasteiger partial charge >= 0.3 is 22.3 Å². The van der Waals surface area contributed by atoms with Crippen molar-refractivity contribution in [3.05, 3.63) is 48.0 Å². The maximum Gasteiger partial charge on any atom is 0.442 e. The van der Waals surface area contributed by atoms with Crippen LogP contribution in [-0.2, 0) is 34.3 Å². The standard InChI is InChI=1S/C28H39N3O11S2/c1-19-16-20(18-21(17-19)42-44(36,37)23-13-10-9-12-22(23)43(8,34)35)38-14-11-15-39-31(26(33)41-28(5,6)7)24(29)30-25(32)40-27(2,3)4/h9-10,12-13,16-18H,11,14-15H2,1-8H3,(H2,29,30,32). The van der Waals surface area contributed by atoms with Crippen molar-refractivity contribution < 1.29 is 49.7 Å². The third-order valence-electron chi connectivity index (χ3n) is 4.89. The third-order valence-corrected chi connectivity index (χ3v) is 7.48. The van der Waals surface area contributed by atoms with Crippen molar-refractivity contribution in [1.29, 1.82) is 0 Å². The first-order chi connectivity index (χ1) is 20.1. The molecule has 0 aliphatic heterocycles. The summed E-state index contributed by atoms with van der Waals surface area (Å²) in [5.74, 6) is -0.447. The molecule has 0 radical (unpaired) electrons. The van der Waals surface area contributed by atoms with Gasteiger partial charge in [0, 0.05) is 18.7 Å². The number of carbonyl (C=O) groups is 2. The molecule has 0 saturated carbocycles. The minimum Gasteiger partial charge on any atom is -0.493 e. The predicted molar refractivity (Wildman–Crippen MR) is 161 cm³/mol. The van der Waals surface area contributed by atoms with Crippen molar-refractivity contribution >= 4 is 38.1 Å². The van der Waals surface area contributed by atoms with Crippen molar-refractivity contribution in [1.82, 2.24) is 5.06 Å². The molecule has 2 aromatic rings. The lowest BCUT2D eigenvalue weighted by Gasteiger charge is -2.26. The van der Waals surface area contributed by atoms with Gasteiger partial charge < -0.3 is 24.1 Å². The first-order valence-corrected chi connectivity index (χ1v) is 16.6. The average molecular weight is 658 g/mol. The maximum atomic E-state index is 13.0. The molecule has 0 saturated heterocycles. The van der Waals surface area contributed by atoms with Crippen LogP contribution < -0.4 is 14.7 Å². The summed E-state index contributed by atoms with van der Waals surface area (Å²) in [7, 11) is -8.36. The van der Waals surface area contributed by atoms with Crippen LogP contribution in [0.15, 0.2) is 57.2 Å². The van der Waals surface area contributed by atoms with Gasteiger partial charge in [0.25, 0.3) is 0 Å². The number of hydrogen-bond acceptors (Lipinski definition) is 11. The Morgan fingerprint density at radius 2 is 1.43 bits per heavy atom. The molecule has 44 heavy (non-hydrogen) atoms. The number of hydrogen-bond donors (Lipinski definition) is 1. The highest BCUT2D eigenvalue weighted by molar-refractivity contribution is 7.92. The van der Waals surface area contributed by atoms with Gasteiger partial charge in [-0.1, -0.05) is 12.1 Å². The van der Waals surface area contributed by atoms with Gasteiger partial charge in [-0.15, -0.1) is 10.1 Å². The molecule has 0 aliphatic rings. The van der Waals surface area contributed by atoms with Crippen LogP contribution in [0.5, 0.6) is 11.5 Å². The summed E-state index contributed by atoms with van der Waals surface area (Å²) in [6.07, 6.45) is -0.945. The van der Waals surface area contributed by atoms with Gasteiger partial charge in [0.15, 0.2) is 9.84 Å². The first kappa shape index (κ1) is 36.3. The molecule has 0 aliphatic carbocycles. The Kier molecular flexibility index (Phi) is 11.8. The Hall–Kier alpha value is -3.89. The van der Waals surface area contributed by atoms with Crippen molar-refractivity contribution in [2.24, 2.45) is 10.7 Å². The zero-order valence-corrected chi connectivity index (χ0v) is 27.6. The van der Waals surface area contributed by atoms with Gasteiger partial charge in [0.1, 0.15) is 27.6 Å². The summed E-state index contributed by atoms with van der Waals surface area (Å²) in [5.41, 5.74) is 4.69. The molecule has 2 aromatic carbocycles. The fourth-order valence-corrected chi connectivity index (χ4v) is 5.84. The van der Waals surface area contributed by atoms with E-state index in [0.717, 1.165) is 12.3 Å². The molecule has 14 nitrogen and oxygen atoms in total. The lowest BCUT2D eigenvalue weighted by molar-refractivity contribution is -0.103. The van der Waals surface area contributed by atoms with Gasteiger partial charge in [-0.2, -0.15) is 8.42 Å². The van der Waals surface area contributed by atoms with Crippen LogP contribution in [0.1, 0.15) is 53.5 Å². The molecule has 0 heterocycles. The zero-order chi connectivity index (χ0) is 33.5. The zero-order valence-electron chi connectivity index (χ0n) is 25.9. The van der Waals surface area contributed by atoms with Crippen LogP contribution in [-0.4, -0.2) is 70.7 Å². The Labute approximate surface area is 258 Å². The number of rotatable bonds is 10. The highest BCUT2D eigenvalue weighted by atomic mass is 32.2. The molecule has 0 aromatic heterocycles. The minimum absolute atomic E-state index is 0.0395. The number of carbonyl (C=O) groups excluding carboxylic acids is 2. The summed E-state index contributed by atoms with van der Waals surface area (Å²) in [6, 6.07) is 9.52. The van der Waals surface area contributed by atoms with E-state index < -0.39 is 54.2 Å². The predicted octanol–water partition coefficient (Wildman–Crippen LogP) is 4.35. The van der Waals surface area contributed by atoms with E-state index >= 15 is 0 Å². The topological polar surface area (TPSA) is 190 Å². The normalized spacial score (nSPS) is 12.8. The Balaban J connectivity index is 2.10.